The summed E-state index contributed by atoms with van der Waals surface area (Å²) in [4.78, 5) is 0. The van der Waals surface area contributed by atoms with Crippen molar-refractivity contribution in [1.82, 2.24) is 0 Å². The lowest BCUT2D eigenvalue weighted by molar-refractivity contribution is 1.62. The van der Waals surface area contributed by atoms with Gasteiger partial charge in [-0.25, -0.2) is 0 Å². The Kier molecular flexibility index (Phi) is 5.00. The van der Waals surface area contributed by atoms with Crippen LogP contribution in [0.1, 0.15) is 0 Å². The molecule has 0 nitrogen and oxygen atoms in total. The quantitative estimate of drug-likeness (QED) is 0.213. The molecule has 194 valence electrons. The lowest BCUT2D eigenvalue weighted by atomic mass is 9.92. The summed E-state index contributed by atoms with van der Waals surface area (Å²) in [5.41, 5.74) is 12.9. The Morgan fingerprint density at radius 3 is 1.43 bits per heavy atom. The molecule has 8 aromatic rings. The Hall–Kier alpha value is -5.46. The van der Waals surface area contributed by atoms with Crippen LogP contribution in [0, 0.1) is 0 Å². The summed E-state index contributed by atoms with van der Waals surface area (Å²) in [6, 6.07) is 58.1. The van der Waals surface area contributed by atoms with E-state index < -0.39 is 0 Å². The van der Waals surface area contributed by atoms with Crippen LogP contribution in [-0.2, 0) is 0 Å². The van der Waals surface area contributed by atoms with Crippen LogP contribution in [0.5, 0.6) is 0 Å². The zero-order valence-electron chi connectivity index (χ0n) is 23.0. The van der Waals surface area contributed by atoms with Gasteiger partial charge in [0.2, 0.25) is 0 Å². The van der Waals surface area contributed by atoms with E-state index in [2.05, 4.69) is 158 Å². The minimum Gasteiger partial charge on any atom is -0.0616 e. The molecule has 0 heterocycles. The van der Waals surface area contributed by atoms with Gasteiger partial charge in [0.05, 0.1) is 0 Å². The molecular formula is C42H26. The van der Waals surface area contributed by atoms with E-state index in [1.54, 1.807) is 0 Å². The third-order valence-corrected chi connectivity index (χ3v) is 8.98. The second-order valence-corrected chi connectivity index (χ2v) is 11.4. The van der Waals surface area contributed by atoms with Crippen LogP contribution >= 0.6 is 0 Å². The molecule has 0 saturated carbocycles. The molecule has 0 spiro atoms. The maximum absolute atomic E-state index is 2.34. The summed E-state index contributed by atoms with van der Waals surface area (Å²) in [6.45, 7) is 0. The van der Waals surface area contributed by atoms with Gasteiger partial charge in [0.25, 0.3) is 0 Å². The lowest BCUT2D eigenvalue weighted by Crippen LogP contribution is -1.86. The molecular weight excluding hydrogens is 504 g/mol. The first-order chi connectivity index (χ1) is 20.8. The zero-order valence-corrected chi connectivity index (χ0v) is 23.0. The second kappa shape index (κ2) is 9.03. The van der Waals surface area contributed by atoms with E-state index in [9.17, 15) is 0 Å². The molecule has 0 atom stereocenters. The van der Waals surface area contributed by atoms with Crippen molar-refractivity contribution in [2.45, 2.75) is 0 Å². The molecule has 0 N–H and O–H groups in total. The average Bonchev–Trinajstić information content (AvgIpc) is 3.39. The van der Waals surface area contributed by atoms with Crippen LogP contribution in [0.15, 0.2) is 158 Å². The molecule has 0 amide bonds. The molecule has 0 aliphatic heterocycles. The standard InChI is InChI=1S/C42H26/c1-2-8-28-23-31(16-15-27(28)7-1)33-20-19-32-24-30(17-18-34(32)25-33)29-9-5-10-35(26-29)36-21-22-41-38-12-4-3-11-37(38)40-14-6-13-39(36)42(40)41/h1-26H. The first kappa shape index (κ1) is 23.3. The normalized spacial score (nSPS) is 11.8. The maximum Gasteiger partial charge on any atom is -0.00201 e. The van der Waals surface area contributed by atoms with Crippen molar-refractivity contribution in [3.8, 4) is 55.6 Å². The number of rotatable bonds is 3. The SMILES string of the molecule is c1cc(-c2ccc3cc(-c4ccc5ccccc5c4)ccc3c2)cc(-c2ccc3c4c(cccc24)-c2ccccc2-3)c1. The van der Waals surface area contributed by atoms with Gasteiger partial charge in [-0.3, -0.25) is 0 Å². The molecule has 8 aromatic carbocycles. The Bertz CT molecular complexity index is 2330. The van der Waals surface area contributed by atoms with Crippen molar-refractivity contribution in [2.75, 3.05) is 0 Å². The van der Waals surface area contributed by atoms with Crippen LogP contribution < -0.4 is 0 Å². The van der Waals surface area contributed by atoms with E-state index in [1.165, 1.54) is 88.0 Å². The highest BCUT2D eigenvalue weighted by Crippen LogP contribution is 2.49. The van der Waals surface area contributed by atoms with E-state index in [0.717, 1.165) is 0 Å². The summed E-state index contributed by atoms with van der Waals surface area (Å²) in [7, 11) is 0. The van der Waals surface area contributed by atoms with Gasteiger partial charge in [-0.1, -0.05) is 133 Å². The number of fused-ring (bicyclic) bond motifs is 5. The fraction of sp³-hybridized carbons (Fsp3) is 0. The van der Waals surface area contributed by atoms with Gasteiger partial charge in [0.1, 0.15) is 0 Å². The second-order valence-electron chi connectivity index (χ2n) is 11.4. The van der Waals surface area contributed by atoms with Crippen LogP contribution in [0.3, 0.4) is 0 Å². The minimum absolute atomic E-state index is 1.24. The highest BCUT2D eigenvalue weighted by molar-refractivity contribution is 6.18. The maximum atomic E-state index is 2.34. The summed E-state index contributed by atoms with van der Waals surface area (Å²) < 4.78 is 0. The molecule has 42 heavy (non-hydrogen) atoms. The topological polar surface area (TPSA) is 0 Å². The Balaban J connectivity index is 1.10. The molecule has 1 aliphatic carbocycles. The van der Waals surface area contributed by atoms with Gasteiger partial charge < -0.3 is 0 Å². The lowest BCUT2D eigenvalue weighted by Gasteiger charge is -2.12. The van der Waals surface area contributed by atoms with Crippen LogP contribution in [0.4, 0.5) is 0 Å². The Morgan fingerprint density at radius 1 is 0.238 bits per heavy atom. The molecule has 0 aromatic heterocycles. The third kappa shape index (κ3) is 3.56. The molecule has 0 unspecified atom stereocenters. The largest absolute Gasteiger partial charge is 0.0616 e. The van der Waals surface area contributed by atoms with E-state index in [4.69, 9.17) is 0 Å². The van der Waals surface area contributed by atoms with Gasteiger partial charge in [0, 0.05) is 0 Å². The third-order valence-electron chi connectivity index (χ3n) is 8.98. The van der Waals surface area contributed by atoms with Gasteiger partial charge in [-0.2, -0.15) is 0 Å². The predicted octanol–water partition coefficient (Wildman–Crippen LogP) is 11.8. The van der Waals surface area contributed by atoms with Crippen molar-refractivity contribution in [3.05, 3.63) is 158 Å². The van der Waals surface area contributed by atoms with Crippen LogP contribution in [-0.4, -0.2) is 0 Å². The monoisotopic (exact) mass is 530 g/mol. The van der Waals surface area contributed by atoms with Crippen LogP contribution in [0.2, 0.25) is 0 Å². The van der Waals surface area contributed by atoms with Crippen molar-refractivity contribution < 1.29 is 0 Å². The van der Waals surface area contributed by atoms with Crippen LogP contribution in [0.25, 0.3) is 88.0 Å². The molecule has 0 bridgehead atoms. The molecule has 0 heteroatoms. The van der Waals surface area contributed by atoms with Crippen molar-refractivity contribution in [1.29, 1.82) is 0 Å². The zero-order chi connectivity index (χ0) is 27.6. The average molecular weight is 531 g/mol. The summed E-state index contributed by atoms with van der Waals surface area (Å²) >= 11 is 0. The van der Waals surface area contributed by atoms with Crippen molar-refractivity contribution >= 4 is 32.3 Å². The first-order valence-electron chi connectivity index (χ1n) is 14.6. The van der Waals surface area contributed by atoms with Gasteiger partial charge in [0.15, 0.2) is 0 Å². The Morgan fingerprint density at radius 2 is 0.714 bits per heavy atom. The van der Waals surface area contributed by atoms with Crippen molar-refractivity contribution in [2.24, 2.45) is 0 Å². The fourth-order valence-electron chi connectivity index (χ4n) is 6.90. The van der Waals surface area contributed by atoms with E-state index in [-0.39, 0.29) is 0 Å². The highest BCUT2D eigenvalue weighted by atomic mass is 14.2. The number of hydrogen-bond acceptors (Lipinski definition) is 0. The molecule has 0 fully saturated rings. The van der Waals surface area contributed by atoms with Crippen molar-refractivity contribution in [3.63, 3.8) is 0 Å². The fourth-order valence-corrected chi connectivity index (χ4v) is 6.90. The molecule has 0 saturated heterocycles. The Labute approximate surface area is 245 Å². The molecule has 1 aliphatic rings. The van der Waals surface area contributed by atoms with E-state index in [0.29, 0.717) is 0 Å². The summed E-state index contributed by atoms with van der Waals surface area (Å²) in [5, 5.41) is 7.75. The van der Waals surface area contributed by atoms with E-state index >= 15 is 0 Å². The van der Waals surface area contributed by atoms with Gasteiger partial charge in [-0.15, -0.1) is 0 Å². The number of benzene rings is 8. The minimum atomic E-state index is 1.24. The van der Waals surface area contributed by atoms with E-state index in [1.807, 2.05) is 0 Å². The molecule has 0 radical (unpaired) electrons. The predicted molar refractivity (Wildman–Crippen MR) is 180 cm³/mol. The highest BCUT2D eigenvalue weighted by Gasteiger charge is 2.22. The number of hydrogen-bond donors (Lipinski definition) is 0. The smallest absolute Gasteiger partial charge is 0.00201 e. The molecule has 9 rings (SSSR count). The summed E-state index contributed by atoms with van der Waals surface area (Å²) in [5.74, 6) is 0. The van der Waals surface area contributed by atoms with Gasteiger partial charge in [-0.05, 0) is 112 Å². The van der Waals surface area contributed by atoms with Gasteiger partial charge >= 0.3 is 0 Å². The summed E-state index contributed by atoms with van der Waals surface area (Å²) in [6.07, 6.45) is 0. The first-order valence-corrected chi connectivity index (χ1v) is 14.6.